The highest BCUT2D eigenvalue weighted by molar-refractivity contribution is 5.98. The van der Waals surface area contributed by atoms with Crippen molar-refractivity contribution in [3.05, 3.63) is 90.0 Å². The average Bonchev–Trinajstić information content (AvgIpc) is 2.94. The Bertz CT molecular complexity index is 1310. The summed E-state index contributed by atoms with van der Waals surface area (Å²) < 4.78 is 4.68. The van der Waals surface area contributed by atoms with Crippen molar-refractivity contribution in [2.75, 3.05) is 37.5 Å². The Labute approximate surface area is 223 Å². The van der Waals surface area contributed by atoms with Gasteiger partial charge in [-0.3, -0.25) is 9.59 Å². The number of piperidine rings is 1. The van der Waals surface area contributed by atoms with Crippen molar-refractivity contribution in [2.24, 2.45) is 5.92 Å². The Balaban J connectivity index is 1.60. The van der Waals surface area contributed by atoms with Crippen molar-refractivity contribution in [3.8, 4) is 11.1 Å². The van der Waals surface area contributed by atoms with Crippen LogP contribution in [-0.4, -0.2) is 45.5 Å². The summed E-state index contributed by atoms with van der Waals surface area (Å²) in [7, 11) is 5.36. The lowest BCUT2D eigenvalue weighted by molar-refractivity contribution is -0.134. The molecule has 38 heavy (non-hydrogen) atoms. The second-order valence-electron chi connectivity index (χ2n) is 9.55. The van der Waals surface area contributed by atoms with Crippen molar-refractivity contribution >= 4 is 35.2 Å². The third kappa shape index (κ3) is 6.68. The molecule has 0 radical (unpaired) electrons. The summed E-state index contributed by atoms with van der Waals surface area (Å²) in [5.41, 5.74) is 5.80. The van der Waals surface area contributed by atoms with Crippen molar-refractivity contribution in [2.45, 2.75) is 19.4 Å². The zero-order chi connectivity index (χ0) is 27.1. The molecule has 0 bridgehead atoms. The van der Waals surface area contributed by atoms with Crippen LogP contribution in [-0.2, 0) is 25.7 Å². The van der Waals surface area contributed by atoms with E-state index in [1.807, 2.05) is 50.5 Å². The van der Waals surface area contributed by atoms with Crippen LogP contribution in [0.1, 0.15) is 24.0 Å². The molecule has 7 heteroatoms. The maximum Gasteiger partial charge on any atom is 0.330 e. The summed E-state index contributed by atoms with van der Waals surface area (Å²) in [5.74, 6) is -1.02. The maximum absolute atomic E-state index is 13.7. The van der Waals surface area contributed by atoms with E-state index >= 15 is 0 Å². The molecule has 3 aromatic rings. The molecule has 1 aliphatic rings. The summed E-state index contributed by atoms with van der Waals surface area (Å²) in [6.45, 7) is 0.854. The minimum atomic E-state index is -0.451. The van der Waals surface area contributed by atoms with E-state index in [-0.39, 0.29) is 24.2 Å². The molecule has 0 aliphatic carbocycles. The number of rotatable bonds is 8. The maximum atomic E-state index is 13.7. The van der Waals surface area contributed by atoms with Crippen LogP contribution in [0.2, 0.25) is 0 Å². The molecule has 1 atom stereocenters. The number of methoxy groups -OCH3 is 1. The van der Waals surface area contributed by atoms with Crippen LogP contribution >= 0.6 is 0 Å². The lowest BCUT2D eigenvalue weighted by atomic mass is 9.95. The Morgan fingerprint density at radius 3 is 2.29 bits per heavy atom. The van der Waals surface area contributed by atoms with Crippen molar-refractivity contribution in [1.82, 2.24) is 5.32 Å². The summed E-state index contributed by atoms with van der Waals surface area (Å²) in [6.07, 6.45) is 3.78. The fourth-order valence-corrected chi connectivity index (χ4v) is 4.48. The molecule has 1 unspecified atom stereocenters. The summed E-state index contributed by atoms with van der Waals surface area (Å²) in [6, 6.07) is 24.0. The highest BCUT2D eigenvalue weighted by atomic mass is 16.5. The second-order valence-corrected chi connectivity index (χ2v) is 9.55. The third-order valence-electron chi connectivity index (χ3n) is 6.67. The molecule has 1 heterocycles. The molecule has 4 rings (SSSR count). The first kappa shape index (κ1) is 26.7. The lowest BCUT2D eigenvalue weighted by Crippen LogP contribution is -2.43. The highest BCUT2D eigenvalue weighted by Crippen LogP contribution is 2.27. The van der Waals surface area contributed by atoms with Gasteiger partial charge in [-0.1, -0.05) is 48.5 Å². The molecule has 1 fully saturated rings. The molecule has 7 nitrogen and oxygen atoms in total. The van der Waals surface area contributed by atoms with E-state index in [1.165, 1.54) is 13.2 Å². The molecule has 0 spiro atoms. The number of benzene rings is 3. The Morgan fingerprint density at radius 2 is 1.66 bits per heavy atom. The number of hydrogen-bond donors (Lipinski definition) is 1. The fraction of sp³-hybridized carbons (Fsp3) is 0.258. The molecule has 2 amide bonds. The molecule has 0 aromatic heterocycles. The Kier molecular flexibility index (Phi) is 8.58. The van der Waals surface area contributed by atoms with E-state index < -0.39 is 5.97 Å². The van der Waals surface area contributed by atoms with Crippen LogP contribution in [0, 0.1) is 5.92 Å². The van der Waals surface area contributed by atoms with Crippen LogP contribution in [0.4, 0.5) is 11.4 Å². The first-order chi connectivity index (χ1) is 18.3. The smallest absolute Gasteiger partial charge is 0.330 e. The van der Waals surface area contributed by atoms with Gasteiger partial charge in [0.1, 0.15) is 0 Å². The van der Waals surface area contributed by atoms with Gasteiger partial charge in [0.05, 0.1) is 13.7 Å². The molecular weight excluding hydrogens is 478 g/mol. The first-order valence-corrected chi connectivity index (χ1v) is 12.6. The SMILES string of the molecule is COC(=O)/C=C/c1cccc(N(Cc2ccc(-c3ccc(N(C)C)cc3)cc2)C(=O)C2CCNC(=O)C2)c1. The molecule has 3 aromatic carbocycles. The summed E-state index contributed by atoms with van der Waals surface area (Å²) in [5, 5.41) is 2.80. The summed E-state index contributed by atoms with van der Waals surface area (Å²) >= 11 is 0. The van der Waals surface area contributed by atoms with E-state index in [1.54, 1.807) is 11.0 Å². The number of ether oxygens (including phenoxy) is 1. The van der Waals surface area contributed by atoms with Gasteiger partial charge in [-0.05, 0) is 59.0 Å². The number of esters is 1. The van der Waals surface area contributed by atoms with Gasteiger partial charge in [-0.15, -0.1) is 0 Å². The van der Waals surface area contributed by atoms with Crippen molar-refractivity contribution in [3.63, 3.8) is 0 Å². The average molecular weight is 512 g/mol. The molecule has 1 aliphatic heterocycles. The van der Waals surface area contributed by atoms with E-state index in [2.05, 4.69) is 51.4 Å². The van der Waals surface area contributed by atoms with Gasteiger partial charge in [0, 0.05) is 50.4 Å². The van der Waals surface area contributed by atoms with Crippen LogP contribution in [0.5, 0.6) is 0 Å². The molecular formula is C31H33N3O4. The van der Waals surface area contributed by atoms with Crippen LogP contribution in [0.15, 0.2) is 78.9 Å². The minimum Gasteiger partial charge on any atom is -0.466 e. The van der Waals surface area contributed by atoms with Gasteiger partial charge < -0.3 is 19.9 Å². The van der Waals surface area contributed by atoms with Crippen LogP contribution < -0.4 is 15.1 Å². The van der Waals surface area contributed by atoms with Gasteiger partial charge in [-0.25, -0.2) is 4.79 Å². The molecule has 1 saturated heterocycles. The number of anilines is 2. The highest BCUT2D eigenvalue weighted by Gasteiger charge is 2.30. The topological polar surface area (TPSA) is 79.0 Å². The minimum absolute atomic E-state index is 0.0858. The number of carbonyl (C=O) groups is 3. The van der Waals surface area contributed by atoms with Gasteiger partial charge >= 0.3 is 5.97 Å². The van der Waals surface area contributed by atoms with Gasteiger partial charge in [0.15, 0.2) is 0 Å². The first-order valence-electron chi connectivity index (χ1n) is 12.6. The predicted octanol–water partition coefficient (Wildman–Crippen LogP) is 4.67. The van der Waals surface area contributed by atoms with Gasteiger partial charge in [-0.2, -0.15) is 0 Å². The number of hydrogen-bond acceptors (Lipinski definition) is 5. The fourth-order valence-electron chi connectivity index (χ4n) is 4.48. The predicted molar refractivity (Wildman–Crippen MR) is 151 cm³/mol. The van der Waals surface area contributed by atoms with E-state index in [0.717, 1.165) is 27.9 Å². The largest absolute Gasteiger partial charge is 0.466 e. The number of carbonyl (C=O) groups excluding carboxylic acids is 3. The quantitative estimate of drug-likeness (QED) is 0.351. The normalized spacial score (nSPS) is 15.1. The lowest BCUT2D eigenvalue weighted by Gasteiger charge is -2.30. The number of amides is 2. The zero-order valence-corrected chi connectivity index (χ0v) is 22.0. The monoisotopic (exact) mass is 511 g/mol. The van der Waals surface area contributed by atoms with Crippen molar-refractivity contribution < 1.29 is 19.1 Å². The Morgan fingerprint density at radius 1 is 0.974 bits per heavy atom. The molecule has 196 valence electrons. The van der Waals surface area contributed by atoms with Gasteiger partial charge in [0.25, 0.3) is 0 Å². The van der Waals surface area contributed by atoms with E-state index in [0.29, 0.717) is 25.2 Å². The number of nitrogens with zero attached hydrogens (tertiary/aromatic N) is 2. The van der Waals surface area contributed by atoms with Gasteiger partial charge in [0.2, 0.25) is 11.8 Å². The van der Waals surface area contributed by atoms with Crippen LogP contribution in [0.3, 0.4) is 0 Å². The zero-order valence-electron chi connectivity index (χ0n) is 22.0. The molecule has 1 N–H and O–H groups in total. The Hall–Kier alpha value is -4.39. The third-order valence-corrected chi connectivity index (χ3v) is 6.67. The molecule has 0 saturated carbocycles. The second kappa shape index (κ2) is 12.2. The summed E-state index contributed by atoms with van der Waals surface area (Å²) in [4.78, 5) is 41.1. The number of nitrogens with one attached hydrogen (secondary N) is 1. The van der Waals surface area contributed by atoms with Crippen LogP contribution in [0.25, 0.3) is 17.2 Å². The van der Waals surface area contributed by atoms with Crippen molar-refractivity contribution in [1.29, 1.82) is 0 Å². The van der Waals surface area contributed by atoms with E-state index in [9.17, 15) is 14.4 Å². The standard InChI is InChI=1S/C31H33N3O4/c1-33(2)27-14-12-25(13-15-27)24-10-7-23(8-11-24)21-34(31(37)26-17-18-32-29(35)20-26)28-6-4-5-22(19-28)9-16-30(36)38-3/h4-16,19,26H,17-18,20-21H2,1-3H3,(H,32,35)/b16-9+. The van der Waals surface area contributed by atoms with E-state index in [4.69, 9.17) is 0 Å².